The van der Waals surface area contributed by atoms with Gasteiger partial charge in [-0.3, -0.25) is 0 Å². The average molecular weight is 305 g/mol. The van der Waals surface area contributed by atoms with Gasteiger partial charge in [0.15, 0.2) is 5.79 Å². The highest BCUT2D eigenvalue weighted by Gasteiger charge is 2.48. The molecular weight excluding hydrogens is 272 g/mol. The summed E-state index contributed by atoms with van der Waals surface area (Å²) in [5, 5.41) is 0. The molecule has 0 aliphatic carbocycles. The van der Waals surface area contributed by atoms with Gasteiger partial charge in [0.2, 0.25) is 0 Å². The summed E-state index contributed by atoms with van der Waals surface area (Å²) in [5.41, 5.74) is 0. The molecule has 120 valence electrons. The van der Waals surface area contributed by atoms with Crippen LogP contribution in [-0.4, -0.2) is 39.8 Å². The predicted molar refractivity (Wildman–Crippen MR) is 83.0 cm³/mol. The molecule has 0 bridgehead atoms. The smallest absolute Gasteiger partial charge is 0.338 e. The summed E-state index contributed by atoms with van der Waals surface area (Å²) in [7, 11) is -2.15. The van der Waals surface area contributed by atoms with E-state index in [1.807, 2.05) is 13.8 Å². The number of ether oxygens (including phenoxy) is 2. The van der Waals surface area contributed by atoms with Crippen LogP contribution in [0.1, 0.15) is 54.4 Å². The van der Waals surface area contributed by atoms with E-state index in [4.69, 9.17) is 18.3 Å². The third kappa shape index (κ3) is 4.04. The maximum atomic E-state index is 6.46. The minimum Gasteiger partial charge on any atom is -0.394 e. The van der Waals surface area contributed by atoms with Gasteiger partial charge in [0.05, 0.1) is 18.8 Å². The highest BCUT2D eigenvalue weighted by atomic mass is 28.4. The first-order valence-corrected chi connectivity index (χ1v) is 10.3. The maximum absolute atomic E-state index is 6.46. The SMILES string of the molecule is CCC[Si](CC)(OCC)OC(C)C1(CC)OCC(C)O1. The standard InChI is InChI=1S/C15H32O4Si/c1-7-11-20(10-4,17-9-3)19-14(6)15(8-2)16-12-13(5)18-15/h13-14H,7-12H2,1-6H3. The first kappa shape index (κ1) is 18.1. The van der Waals surface area contributed by atoms with E-state index < -0.39 is 14.3 Å². The predicted octanol–water partition coefficient (Wildman–Crippen LogP) is 3.84. The van der Waals surface area contributed by atoms with E-state index in [9.17, 15) is 0 Å². The molecule has 1 aliphatic rings. The molecule has 4 unspecified atom stereocenters. The van der Waals surface area contributed by atoms with Crippen LogP contribution in [0.5, 0.6) is 0 Å². The summed E-state index contributed by atoms with van der Waals surface area (Å²) < 4.78 is 24.5. The van der Waals surface area contributed by atoms with Gasteiger partial charge >= 0.3 is 8.56 Å². The number of hydrogen-bond acceptors (Lipinski definition) is 4. The van der Waals surface area contributed by atoms with Gasteiger partial charge in [-0.25, -0.2) is 0 Å². The minimum absolute atomic E-state index is 0.0952. The molecule has 4 nitrogen and oxygen atoms in total. The zero-order valence-corrected chi connectivity index (χ0v) is 15.0. The fraction of sp³-hybridized carbons (Fsp3) is 1.00. The fourth-order valence-corrected chi connectivity index (χ4v) is 6.10. The number of rotatable bonds is 9. The quantitative estimate of drug-likeness (QED) is 0.606. The summed E-state index contributed by atoms with van der Waals surface area (Å²) in [6, 6.07) is 1.99. The lowest BCUT2D eigenvalue weighted by Gasteiger charge is -2.39. The van der Waals surface area contributed by atoms with Crippen LogP contribution in [-0.2, 0) is 18.3 Å². The van der Waals surface area contributed by atoms with Crippen molar-refractivity contribution in [2.24, 2.45) is 0 Å². The van der Waals surface area contributed by atoms with Crippen molar-refractivity contribution in [3.8, 4) is 0 Å². The molecule has 0 aromatic rings. The van der Waals surface area contributed by atoms with Gasteiger partial charge in [0, 0.05) is 13.0 Å². The highest BCUT2D eigenvalue weighted by molar-refractivity contribution is 6.67. The molecule has 0 radical (unpaired) electrons. The monoisotopic (exact) mass is 304 g/mol. The third-order valence-electron chi connectivity index (χ3n) is 4.04. The summed E-state index contributed by atoms with van der Waals surface area (Å²) in [6.07, 6.45) is 1.92. The fourth-order valence-electron chi connectivity index (χ4n) is 2.94. The highest BCUT2D eigenvalue weighted by Crippen LogP contribution is 2.35. The third-order valence-corrected chi connectivity index (χ3v) is 7.98. The maximum Gasteiger partial charge on any atom is 0.338 e. The summed E-state index contributed by atoms with van der Waals surface area (Å²) >= 11 is 0. The Labute approximate surface area is 125 Å². The van der Waals surface area contributed by atoms with E-state index in [0.29, 0.717) is 13.2 Å². The Kier molecular flexibility index (Phi) is 7.15. The molecule has 0 amide bonds. The van der Waals surface area contributed by atoms with Crippen molar-refractivity contribution in [2.45, 2.75) is 84.5 Å². The normalized spacial score (nSPS) is 31.2. The second-order valence-corrected chi connectivity index (χ2v) is 9.17. The van der Waals surface area contributed by atoms with Crippen LogP contribution in [0.3, 0.4) is 0 Å². The summed E-state index contributed by atoms with van der Waals surface area (Å²) in [4.78, 5) is 0. The first-order chi connectivity index (χ1) is 9.47. The summed E-state index contributed by atoms with van der Waals surface area (Å²) in [6.45, 7) is 14.0. The number of hydrogen-bond donors (Lipinski definition) is 0. The molecule has 4 atom stereocenters. The molecule has 1 heterocycles. The van der Waals surface area contributed by atoms with Crippen molar-refractivity contribution in [1.29, 1.82) is 0 Å². The van der Waals surface area contributed by atoms with Crippen LogP contribution < -0.4 is 0 Å². The molecule has 0 aromatic heterocycles. The van der Waals surface area contributed by atoms with Crippen LogP contribution in [0, 0.1) is 0 Å². The molecule has 1 saturated heterocycles. The lowest BCUT2D eigenvalue weighted by Crippen LogP contribution is -2.52. The van der Waals surface area contributed by atoms with Crippen molar-refractivity contribution in [3.05, 3.63) is 0 Å². The van der Waals surface area contributed by atoms with Crippen molar-refractivity contribution in [1.82, 2.24) is 0 Å². The molecule has 1 rings (SSSR count). The molecule has 0 N–H and O–H groups in total. The van der Waals surface area contributed by atoms with Gasteiger partial charge in [0.25, 0.3) is 0 Å². The second-order valence-electron chi connectivity index (χ2n) is 5.61. The average Bonchev–Trinajstić information content (AvgIpc) is 2.82. The van der Waals surface area contributed by atoms with Crippen LogP contribution in [0.15, 0.2) is 0 Å². The first-order valence-electron chi connectivity index (χ1n) is 8.11. The Balaban J connectivity index is 2.80. The second kappa shape index (κ2) is 7.89. The van der Waals surface area contributed by atoms with E-state index in [1.165, 1.54) is 0 Å². The Morgan fingerprint density at radius 3 is 2.40 bits per heavy atom. The molecule has 20 heavy (non-hydrogen) atoms. The van der Waals surface area contributed by atoms with Gasteiger partial charge in [-0.2, -0.15) is 0 Å². The minimum atomic E-state index is -2.15. The lowest BCUT2D eigenvalue weighted by atomic mass is 10.1. The van der Waals surface area contributed by atoms with Crippen molar-refractivity contribution < 1.29 is 18.3 Å². The van der Waals surface area contributed by atoms with E-state index in [1.54, 1.807) is 0 Å². The van der Waals surface area contributed by atoms with E-state index >= 15 is 0 Å². The summed E-state index contributed by atoms with van der Waals surface area (Å²) in [5.74, 6) is -0.600. The van der Waals surface area contributed by atoms with Gasteiger partial charge in [-0.1, -0.05) is 27.2 Å². The van der Waals surface area contributed by atoms with Gasteiger partial charge < -0.3 is 18.3 Å². The molecule has 0 spiro atoms. The molecule has 0 aromatic carbocycles. The Morgan fingerprint density at radius 2 is 2.00 bits per heavy atom. The van der Waals surface area contributed by atoms with Crippen molar-refractivity contribution in [2.75, 3.05) is 13.2 Å². The molecular formula is C15H32O4Si. The molecule has 1 aliphatic heterocycles. The zero-order chi connectivity index (χ0) is 15.2. The van der Waals surface area contributed by atoms with Gasteiger partial charge in [0.1, 0.15) is 0 Å². The van der Waals surface area contributed by atoms with Crippen molar-refractivity contribution >= 4 is 8.56 Å². The van der Waals surface area contributed by atoms with Crippen LogP contribution >= 0.6 is 0 Å². The van der Waals surface area contributed by atoms with Crippen LogP contribution in [0.4, 0.5) is 0 Å². The van der Waals surface area contributed by atoms with Crippen LogP contribution in [0.25, 0.3) is 0 Å². The Morgan fingerprint density at radius 1 is 1.30 bits per heavy atom. The molecule has 0 saturated carbocycles. The molecule has 1 fully saturated rings. The molecule has 5 heteroatoms. The van der Waals surface area contributed by atoms with Crippen molar-refractivity contribution in [3.63, 3.8) is 0 Å². The zero-order valence-electron chi connectivity index (χ0n) is 14.0. The topological polar surface area (TPSA) is 36.9 Å². The van der Waals surface area contributed by atoms with Gasteiger partial charge in [-0.05, 0) is 32.9 Å². The van der Waals surface area contributed by atoms with E-state index in [0.717, 1.165) is 24.9 Å². The lowest BCUT2D eigenvalue weighted by molar-refractivity contribution is -0.221. The van der Waals surface area contributed by atoms with E-state index in [-0.39, 0.29) is 12.2 Å². The van der Waals surface area contributed by atoms with Gasteiger partial charge in [-0.15, -0.1) is 0 Å². The largest absolute Gasteiger partial charge is 0.394 e. The van der Waals surface area contributed by atoms with Crippen LogP contribution in [0.2, 0.25) is 12.1 Å². The Hall–Kier alpha value is 0.0569. The Bertz CT molecular complexity index is 281. The van der Waals surface area contributed by atoms with E-state index in [2.05, 4.69) is 27.7 Å².